The highest BCUT2D eigenvalue weighted by Crippen LogP contribution is 2.27. The number of β-amino-alcohol motifs (C(OH)–C–C–N with tert-alkyl or cyclic N) is 1. The third-order valence-corrected chi connectivity index (χ3v) is 3.32. The van der Waals surface area contributed by atoms with E-state index in [4.69, 9.17) is 8.94 Å². The van der Waals surface area contributed by atoms with E-state index in [-0.39, 0.29) is 0 Å². The molecule has 19 heavy (non-hydrogen) atoms. The van der Waals surface area contributed by atoms with Crippen LogP contribution in [0.2, 0.25) is 0 Å². The maximum absolute atomic E-state index is 10.1. The Morgan fingerprint density at radius 1 is 1.47 bits per heavy atom. The summed E-state index contributed by atoms with van der Waals surface area (Å²) in [5.74, 6) is 1.58. The van der Waals surface area contributed by atoms with Crippen molar-refractivity contribution in [3.63, 3.8) is 0 Å². The average molecular weight is 263 g/mol. The Hall–Kier alpha value is -1.66. The van der Waals surface area contributed by atoms with Crippen LogP contribution in [0.5, 0.6) is 0 Å². The Labute approximate surface area is 111 Å². The zero-order valence-electron chi connectivity index (χ0n) is 10.9. The largest absolute Gasteiger partial charge is 0.459 e. The second-order valence-electron chi connectivity index (χ2n) is 5.11. The molecule has 6 heteroatoms. The van der Waals surface area contributed by atoms with E-state index in [1.807, 2.05) is 0 Å². The number of furan rings is 1. The van der Waals surface area contributed by atoms with Gasteiger partial charge in [-0.2, -0.15) is 4.98 Å². The van der Waals surface area contributed by atoms with Crippen molar-refractivity contribution in [2.45, 2.75) is 31.9 Å². The molecule has 0 radical (unpaired) electrons. The standard InChI is InChI=1S/C13H17N3O3/c1-2-5-13(17)8-16(9-13)7-11-14-12(19-15-11)10-4-3-6-18-10/h3-4,6,17H,2,5,7-9H2,1H3. The molecule has 1 aliphatic rings. The molecule has 0 unspecified atom stereocenters. The number of hydrogen-bond donors (Lipinski definition) is 1. The van der Waals surface area contributed by atoms with E-state index in [1.165, 1.54) is 0 Å². The van der Waals surface area contributed by atoms with Crippen molar-refractivity contribution < 1.29 is 14.0 Å². The van der Waals surface area contributed by atoms with Crippen LogP contribution >= 0.6 is 0 Å². The second kappa shape index (κ2) is 4.79. The molecule has 0 atom stereocenters. The van der Waals surface area contributed by atoms with Crippen molar-refractivity contribution in [3.8, 4) is 11.7 Å². The molecule has 0 spiro atoms. The topological polar surface area (TPSA) is 75.5 Å². The third-order valence-electron chi connectivity index (χ3n) is 3.32. The molecule has 0 amide bonds. The lowest BCUT2D eigenvalue weighted by molar-refractivity contribution is -0.107. The van der Waals surface area contributed by atoms with Crippen molar-refractivity contribution in [2.75, 3.05) is 13.1 Å². The number of aliphatic hydroxyl groups is 1. The van der Waals surface area contributed by atoms with E-state index < -0.39 is 5.60 Å². The Morgan fingerprint density at radius 2 is 2.32 bits per heavy atom. The fraction of sp³-hybridized carbons (Fsp3) is 0.538. The lowest BCUT2D eigenvalue weighted by Gasteiger charge is -2.46. The maximum atomic E-state index is 10.1. The van der Waals surface area contributed by atoms with Crippen LogP contribution < -0.4 is 0 Å². The molecular formula is C13H17N3O3. The predicted molar refractivity (Wildman–Crippen MR) is 67.1 cm³/mol. The summed E-state index contributed by atoms with van der Waals surface area (Å²) in [6.45, 7) is 4.02. The zero-order valence-corrected chi connectivity index (χ0v) is 10.9. The molecule has 2 aromatic rings. The zero-order chi connectivity index (χ0) is 13.3. The quantitative estimate of drug-likeness (QED) is 0.884. The molecule has 0 aromatic carbocycles. The van der Waals surface area contributed by atoms with Gasteiger partial charge in [-0.1, -0.05) is 18.5 Å². The molecule has 102 valence electrons. The van der Waals surface area contributed by atoms with Crippen molar-refractivity contribution in [2.24, 2.45) is 0 Å². The minimum absolute atomic E-state index is 0.393. The number of nitrogens with zero attached hydrogens (tertiary/aromatic N) is 3. The summed E-state index contributed by atoms with van der Waals surface area (Å²) < 4.78 is 10.3. The highest BCUT2D eigenvalue weighted by Gasteiger charge is 2.40. The van der Waals surface area contributed by atoms with Crippen LogP contribution in [-0.2, 0) is 6.54 Å². The molecule has 1 fully saturated rings. The maximum Gasteiger partial charge on any atom is 0.293 e. The van der Waals surface area contributed by atoms with Crippen LogP contribution in [0, 0.1) is 0 Å². The van der Waals surface area contributed by atoms with Gasteiger partial charge in [-0.05, 0) is 18.6 Å². The van der Waals surface area contributed by atoms with Gasteiger partial charge in [0.25, 0.3) is 5.89 Å². The summed E-state index contributed by atoms with van der Waals surface area (Å²) in [6.07, 6.45) is 3.40. The molecule has 0 saturated carbocycles. The molecular weight excluding hydrogens is 246 g/mol. The highest BCUT2D eigenvalue weighted by molar-refractivity contribution is 5.42. The van der Waals surface area contributed by atoms with Gasteiger partial charge in [-0.25, -0.2) is 0 Å². The highest BCUT2D eigenvalue weighted by atomic mass is 16.5. The Bertz CT molecular complexity index is 529. The number of rotatable bonds is 5. The van der Waals surface area contributed by atoms with Gasteiger partial charge in [0.2, 0.25) is 0 Å². The number of aromatic nitrogens is 2. The molecule has 0 aliphatic carbocycles. The van der Waals surface area contributed by atoms with Crippen LogP contribution in [0.1, 0.15) is 25.6 Å². The molecule has 1 aliphatic heterocycles. The Morgan fingerprint density at radius 3 is 3.00 bits per heavy atom. The summed E-state index contributed by atoms with van der Waals surface area (Å²) in [5, 5.41) is 14.0. The van der Waals surface area contributed by atoms with E-state index in [9.17, 15) is 5.11 Å². The summed E-state index contributed by atoms with van der Waals surface area (Å²) >= 11 is 0. The van der Waals surface area contributed by atoms with E-state index in [2.05, 4.69) is 22.0 Å². The average Bonchev–Trinajstić information content (AvgIpc) is 2.96. The van der Waals surface area contributed by atoms with E-state index in [0.29, 0.717) is 37.1 Å². The minimum Gasteiger partial charge on any atom is -0.459 e. The van der Waals surface area contributed by atoms with Gasteiger partial charge in [0, 0.05) is 13.1 Å². The summed E-state index contributed by atoms with van der Waals surface area (Å²) in [5.41, 5.74) is -0.525. The van der Waals surface area contributed by atoms with E-state index in [1.54, 1.807) is 18.4 Å². The lowest BCUT2D eigenvalue weighted by atomic mass is 9.89. The lowest BCUT2D eigenvalue weighted by Crippen LogP contribution is -2.61. The fourth-order valence-electron chi connectivity index (χ4n) is 2.54. The first-order valence-corrected chi connectivity index (χ1v) is 6.50. The van der Waals surface area contributed by atoms with Gasteiger partial charge in [0.15, 0.2) is 11.6 Å². The molecule has 1 saturated heterocycles. The second-order valence-corrected chi connectivity index (χ2v) is 5.11. The molecule has 3 heterocycles. The first kappa shape index (κ1) is 12.4. The normalized spacial score (nSPS) is 18.4. The monoisotopic (exact) mass is 263 g/mol. The van der Waals surface area contributed by atoms with Crippen LogP contribution in [0.25, 0.3) is 11.7 Å². The number of likely N-dealkylation sites (tertiary alicyclic amines) is 1. The minimum atomic E-state index is -0.525. The molecule has 2 aromatic heterocycles. The van der Waals surface area contributed by atoms with Crippen molar-refractivity contribution in [1.82, 2.24) is 15.0 Å². The van der Waals surface area contributed by atoms with Gasteiger partial charge in [-0.3, -0.25) is 4.90 Å². The van der Waals surface area contributed by atoms with Gasteiger partial charge in [0.1, 0.15) is 0 Å². The molecule has 1 N–H and O–H groups in total. The van der Waals surface area contributed by atoms with Gasteiger partial charge in [0.05, 0.1) is 18.4 Å². The molecule has 3 rings (SSSR count). The third kappa shape index (κ3) is 2.54. The van der Waals surface area contributed by atoms with Gasteiger partial charge >= 0.3 is 0 Å². The SMILES string of the molecule is CCCC1(O)CN(Cc2noc(-c3ccco3)n2)C1. The fourth-order valence-corrected chi connectivity index (χ4v) is 2.54. The smallest absolute Gasteiger partial charge is 0.293 e. The summed E-state index contributed by atoms with van der Waals surface area (Å²) in [6, 6.07) is 3.56. The van der Waals surface area contributed by atoms with Crippen molar-refractivity contribution >= 4 is 0 Å². The molecule has 6 nitrogen and oxygen atoms in total. The Balaban J connectivity index is 1.58. The number of hydrogen-bond acceptors (Lipinski definition) is 6. The van der Waals surface area contributed by atoms with E-state index in [0.717, 1.165) is 12.8 Å². The van der Waals surface area contributed by atoms with Crippen LogP contribution in [0.15, 0.2) is 27.3 Å². The predicted octanol–water partition coefficient (Wildman–Crippen LogP) is 1.68. The van der Waals surface area contributed by atoms with Gasteiger partial charge in [-0.15, -0.1) is 0 Å². The first-order chi connectivity index (χ1) is 9.18. The Kier molecular flexibility index (Phi) is 3.12. The summed E-state index contributed by atoms with van der Waals surface area (Å²) in [7, 11) is 0. The molecule has 0 bridgehead atoms. The summed E-state index contributed by atoms with van der Waals surface area (Å²) in [4.78, 5) is 6.38. The van der Waals surface area contributed by atoms with Crippen LogP contribution in [-0.4, -0.2) is 38.8 Å². The van der Waals surface area contributed by atoms with Crippen molar-refractivity contribution in [1.29, 1.82) is 0 Å². The van der Waals surface area contributed by atoms with Crippen LogP contribution in [0.4, 0.5) is 0 Å². The van der Waals surface area contributed by atoms with Gasteiger partial charge < -0.3 is 14.0 Å². The van der Waals surface area contributed by atoms with Crippen molar-refractivity contribution in [3.05, 3.63) is 24.2 Å². The van der Waals surface area contributed by atoms with E-state index >= 15 is 0 Å². The van der Waals surface area contributed by atoms with Crippen LogP contribution in [0.3, 0.4) is 0 Å². The first-order valence-electron chi connectivity index (χ1n) is 6.50.